The van der Waals surface area contributed by atoms with Gasteiger partial charge in [-0.3, -0.25) is 4.79 Å². The van der Waals surface area contributed by atoms with Crippen molar-refractivity contribution in [1.82, 2.24) is 0 Å². The Kier molecular flexibility index (Phi) is 5.51. The molecule has 6 heteroatoms. The number of halogens is 3. The van der Waals surface area contributed by atoms with Crippen molar-refractivity contribution < 1.29 is 14.3 Å². The molecule has 0 aliphatic carbocycles. The first-order chi connectivity index (χ1) is 10.0. The maximum Gasteiger partial charge on any atom is 0.162 e. The molecule has 0 spiro atoms. The second kappa shape index (κ2) is 7.16. The van der Waals surface area contributed by atoms with Crippen LogP contribution in [0.2, 0.25) is 10.0 Å². The van der Waals surface area contributed by atoms with Gasteiger partial charge >= 0.3 is 0 Å². The summed E-state index contributed by atoms with van der Waals surface area (Å²) in [5, 5.41) is 0.971. The minimum absolute atomic E-state index is 0.306. The molecule has 2 aromatic rings. The highest BCUT2D eigenvalue weighted by Crippen LogP contribution is 2.33. The van der Waals surface area contributed by atoms with Crippen LogP contribution < -0.4 is 9.47 Å². The Bertz CT molecular complexity index is 674. The van der Waals surface area contributed by atoms with E-state index >= 15 is 0 Å². The summed E-state index contributed by atoms with van der Waals surface area (Å²) in [4.78, 5) is 10.9. The molecule has 2 aromatic carbocycles. The summed E-state index contributed by atoms with van der Waals surface area (Å²) < 4.78 is 11.6. The Morgan fingerprint density at radius 3 is 2.52 bits per heavy atom. The fraction of sp³-hybridized carbons (Fsp3) is 0.133. The van der Waals surface area contributed by atoms with Crippen LogP contribution in [0.5, 0.6) is 11.5 Å². The fourth-order valence-electron chi connectivity index (χ4n) is 1.70. The molecule has 0 heterocycles. The van der Waals surface area contributed by atoms with Gasteiger partial charge in [0.15, 0.2) is 17.8 Å². The first-order valence-corrected chi connectivity index (χ1v) is 7.49. The Morgan fingerprint density at radius 2 is 1.90 bits per heavy atom. The van der Waals surface area contributed by atoms with Crippen LogP contribution in [0.1, 0.15) is 15.9 Å². The van der Waals surface area contributed by atoms with Crippen molar-refractivity contribution in [1.29, 1.82) is 0 Å². The number of hydrogen-bond acceptors (Lipinski definition) is 3. The van der Waals surface area contributed by atoms with Gasteiger partial charge in [-0.25, -0.2) is 0 Å². The van der Waals surface area contributed by atoms with E-state index in [0.717, 1.165) is 11.8 Å². The number of rotatable bonds is 5. The number of ether oxygens (including phenoxy) is 2. The maximum atomic E-state index is 10.9. The van der Waals surface area contributed by atoms with Crippen LogP contribution in [0, 0.1) is 0 Å². The number of hydrogen-bond donors (Lipinski definition) is 0. The number of methoxy groups -OCH3 is 1. The molecule has 0 bridgehead atoms. The molecule has 2 rings (SSSR count). The number of benzene rings is 2. The Hall–Kier alpha value is -1.23. The molecule has 0 radical (unpaired) electrons. The highest BCUT2D eigenvalue weighted by atomic mass is 79.9. The molecule has 0 saturated carbocycles. The lowest BCUT2D eigenvalue weighted by atomic mass is 10.2. The topological polar surface area (TPSA) is 35.5 Å². The number of carbonyl (C=O) groups is 1. The van der Waals surface area contributed by atoms with Gasteiger partial charge in [-0.15, -0.1) is 0 Å². The highest BCUT2D eigenvalue weighted by Gasteiger charge is 2.10. The van der Waals surface area contributed by atoms with Gasteiger partial charge in [-0.05, 0) is 45.8 Å². The monoisotopic (exact) mass is 388 g/mol. The zero-order chi connectivity index (χ0) is 15.4. The van der Waals surface area contributed by atoms with Crippen LogP contribution in [-0.2, 0) is 6.61 Å². The molecule has 0 amide bonds. The summed E-state index contributed by atoms with van der Waals surface area (Å²) >= 11 is 15.1. The van der Waals surface area contributed by atoms with Gasteiger partial charge in [0, 0.05) is 10.0 Å². The Morgan fingerprint density at radius 1 is 1.14 bits per heavy atom. The van der Waals surface area contributed by atoms with Crippen LogP contribution in [0.4, 0.5) is 0 Å². The third-order valence-corrected chi connectivity index (χ3v) is 4.21. The van der Waals surface area contributed by atoms with Crippen LogP contribution in [0.25, 0.3) is 0 Å². The molecule has 0 atom stereocenters. The second-order valence-corrected chi connectivity index (χ2v) is 5.85. The lowest BCUT2D eigenvalue weighted by Crippen LogP contribution is -1.99. The van der Waals surface area contributed by atoms with E-state index in [1.165, 1.54) is 7.11 Å². The van der Waals surface area contributed by atoms with Crippen LogP contribution in [-0.4, -0.2) is 13.4 Å². The van der Waals surface area contributed by atoms with Gasteiger partial charge in [0.2, 0.25) is 0 Å². The zero-order valence-electron chi connectivity index (χ0n) is 11.0. The molecular weight excluding hydrogens is 379 g/mol. The SMILES string of the molecule is COc1cc(C=O)c(Br)cc1OCc1ccc(Cl)c(Cl)c1. The molecule has 0 saturated heterocycles. The van der Waals surface area contributed by atoms with Crippen molar-refractivity contribution in [2.75, 3.05) is 7.11 Å². The smallest absolute Gasteiger partial charge is 0.162 e. The molecule has 0 aromatic heterocycles. The van der Waals surface area contributed by atoms with Crippen LogP contribution in [0.15, 0.2) is 34.8 Å². The number of carbonyl (C=O) groups excluding carboxylic acids is 1. The summed E-state index contributed by atoms with van der Waals surface area (Å²) in [6, 6.07) is 8.59. The quantitative estimate of drug-likeness (QED) is 0.663. The molecule has 0 N–H and O–H groups in total. The minimum Gasteiger partial charge on any atom is -0.493 e. The summed E-state index contributed by atoms with van der Waals surface area (Å²) in [6.07, 6.45) is 0.745. The molecule has 110 valence electrons. The molecule has 0 aliphatic heterocycles. The number of aldehydes is 1. The molecule has 3 nitrogen and oxygen atoms in total. The van der Waals surface area contributed by atoms with Crippen molar-refractivity contribution in [3.05, 3.63) is 56.0 Å². The van der Waals surface area contributed by atoms with E-state index in [-0.39, 0.29) is 0 Å². The molecule has 0 unspecified atom stereocenters. The third kappa shape index (κ3) is 3.90. The van der Waals surface area contributed by atoms with Gasteiger partial charge in [-0.1, -0.05) is 29.3 Å². The van der Waals surface area contributed by atoms with Crippen LogP contribution in [0.3, 0.4) is 0 Å². The van der Waals surface area contributed by atoms with E-state index in [4.69, 9.17) is 32.7 Å². The van der Waals surface area contributed by atoms with E-state index in [0.29, 0.717) is 38.2 Å². The average Bonchev–Trinajstić information content (AvgIpc) is 2.48. The lowest BCUT2D eigenvalue weighted by molar-refractivity contribution is 0.112. The maximum absolute atomic E-state index is 10.9. The Labute approximate surface area is 140 Å². The van der Waals surface area contributed by atoms with Gasteiger partial charge in [0.25, 0.3) is 0 Å². The van der Waals surface area contributed by atoms with E-state index in [1.54, 1.807) is 24.3 Å². The predicted octanol–water partition coefficient (Wildman–Crippen LogP) is 5.16. The van der Waals surface area contributed by atoms with Gasteiger partial charge in [0.05, 0.1) is 17.2 Å². The highest BCUT2D eigenvalue weighted by molar-refractivity contribution is 9.10. The van der Waals surface area contributed by atoms with E-state index in [1.807, 2.05) is 6.07 Å². The van der Waals surface area contributed by atoms with Crippen LogP contribution >= 0.6 is 39.1 Å². The largest absolute Gasteiger partial charge is 0.493 e. The normalized spacial score (nSPS) is 10.3. The third-order valence-electron chi connectivity index (χ3n) is 2.79. The molecular formula is C15H11BrCl2O3. The average molecular weight is 390 g/mol. The van der Waals surface area contributed by atoms with Crippen molar-refractivity contribution in [3.8, 4) is 11.5 Å². The summed E-state index contributed by atoms with van der Waals surface area (Å²) in [7, 11) is 1.52. The van der Waals surface area contributed by atoms with E-state index < -0.39 is 0 Å². The standard InChI is InChI=1S/C15H11BrCl2O3/c1-20-14-5-10(7-19)11(16)6-15(14)21-8-9-2-3-12(17)13(18)4-9/h2-7H,8H2,1H3. The van der Waals surface area contributed by atoms with Gasteiger partial charge in [0.1, 0.15) is 6.61 Å². The van der Waals surface area contributed by atoms with E-state index in [9.17, 15) is 4.79 Å². The minimum atomic E-state index is 0.306. The fourth-order valence-corrected chi connectivity index (χ4v) is 2.44. The van der Waals surface area contributed by atoms with Gasteiger partial charge < -0.3 is 9.47 Å². The van der Waals surface area contributed by atoms with Crippen molar-refractivity contribution in [3.63, 3.8) is 0 Å². The summed E-state index contributed by atoms with van der Waals surface area (Å²) in [5.74, 6) is 1.02. The lowest BCUT2D eigenvalue weighted by Gasteiger charge is -2.12. The predicted molar refractivity (Wildman–Crippen MR) is 86.9 cm³/mol. The second-order valence-electron chi connectivity index (χ2n) is 4.18. The molecule has 21 heavy (non-hydrogen) atoms. The summed E-state index contributed by atoms with van der Waals surface area (Å²) in [5.41, 5.74) is 1.37. The first kappa shape index (κ1) is 16.1. The van der Waals surface area contributed by atoms with Crippen molar-refractivity contribution in [2.45, 2.75) is 6.61 Å². The van der Waals surface area contributed by atoms with Crippen molar-refractivity contribution in [2.24, 2.45) is 0 Å². The molecule has 0 fully saturated rings. The zero-order valence-corrected chi connectivity index (χ0v) is 14.1. The van der Waals surface area contributed by atoms with Crippen molar-refractivity contribution >= 4 is 45.4 Å². The summed E-state index contributed by atoms with van der Waals surface area (Å²) in [6.45, 7) is 0.306. The van der Waals surface area contributed by atoms with Gasteiger partial charge in [-0.2, -0.15) is 0 Å². The van der Waals surface area contributed by atoms with E-state index in [2.05, 4.69) is 15.9 Å². The molecule has 0 aliphatic rings. The Balaban J connectivity index is 2.21. The first-order valence-electron chi connectivity index (χ1n) is 5.94.